The number of hydrogen-bond acceptors (Lipinski definition) is 7. The number of aliphatic hydroxyl groups excluding tert-OH is 1. The summed E-state index contributed by atoms with van der Waals surface area (Å²) in [7, 11) is 0. The van der Waals surface area contributed by atoms with Gasteiger partial charge in [0, 0.05) is 19.6 Å². The second kappa shape index (κ2) is 10.1. The number of carbonyl (C=O) groups is 1. The Hall–Kier alpha value is -0.770. The van der Waals surface area contributed by atoms with Gasteiger partial charge < -0.3 is 34.6 Å². The highest BCUT2D eigenvalue weighted by atomic mass is 16.7. The number of rotatable bonds is 5. The maximum atomic E-state index is 12.9. The Bertz CT molecular complexity index is 1150. The van der Waals surface area contributed by atoms with Crippen molar-refractivity contribution in [2.45, 2.75) is 135 Å². The van der Waals surface area contributed by atoms with Gasteiger partial charge >= 0.3 is 0 Å². The lowest BCUT2D eigenvalue weighted by molar-refractivity contribution is -0.245. The third-order valence-electron chi connectivity index (χ3n) is 15.4. The lowest BCUT2D eigenvalue weighted by Crippen LogP contribution is -2.58. The summed E-state index contributed by atoms with van der Waals surface area (Å²) in [5.41, 5.74) is 0.187. The van der Waals surface area contributed by atoms with Gasteiger partial charge in [0.25, 0.3) is 0 Å². The summed E-state index contributed by atoms with van der Waals surface area (Å²) in [5, 5.41) is 24.6. The van der Waals surface area contributed by atoms with E-state index in [1.807, 2.05) is 4.90 Å². The van der Waals surface area contributed by atoms with E-state index in [1.54, 1.807) is 13.8 Å². The van der Waals surface area contributed by atoms with Crippen LogP contribution in [0.5, 0.6) is 0 Å². The van der Waals surface area contributed by atoms with Gasteiger partial charge in [-0.1, -0.05) is 20.8 Å². The summed E-state index contributed by atoms with van der Waals surface area (Å²) >= 11 is 0. The average Bonchev–Trinajstić information content (AvgIpc) is 3.52. The number of hydrogen-bond donors (Lipinski definition) is 3. The summed E-state index contributed by atoms with van der Waals surface area (Å²) in [6, 6.07) is 0. The highest BCUT2D eigenvalue weighted by Crippen LogP contribution is 2.87. The third-order valence-corrected chi connectivity index (χ3v) is 15.4. The van der Waals surface area contributed by atoms with Crippen LogP contribution in [-0.2, 0) is 19.0 Å². The van der Waals surface area contributed by atoms with Gasteiger partial charge in [-0.3, -0.25) is 4.79 Å². The van der Waals surface area contributed by atoms with Crippen LogP contribution in [0.25, 0.3) is 0 Å². The molecule has 0 radical (unpaired) electrons. The molecule has 8 rings (SSSR count). The molecule has 8 fully saturated rings. The highest BCUT2D eigenvalue weighted by Gasteiger charge is 2.80. The standard InChI is InChI=1S/C36H58N2O6/c1-32(2)27-9-7-22-24-16-26-23(6-8-25(43-26)30(39)33(3,4)41)34(24,5)12-13-35(22)20-36(27,35)11-10-28(32)44-29-19-38(14-15-42-29)31(40)21-17-37-18-21/h21-30,37,39,41H,6-20H2,1-5H3/t22?,23?,24?,25?,26?,27?,28-,29?,30-,34?,35-,36?/m0/s1. The largest absolute Gasteiger partial charge is 0.388 e. The molecule has 0 bridgehead atoms. The van der Waals surface area contributed by atoms with E-state index >= 15 is 0 Å². The quantitative estimate of drug-likeness (QED) is 0.429. The Morgan fingerprint density at radius 1 is 1.00 bits per heavy atom. The monoisotopic (exact) mass is 614 g/mol. The Balaban J connectivity index is 0.957. The highest BCUT2D eigenvalue weighted by molar-refractivity contribution is 5.80. The fourth-order valence-corrected chi connectivity index (χ4v) is 13.0. The summed E-state index contributed by atoms with van der Waals surface area (Å²) in [6.45, 7) is 14.3. The van der Waals surface area contributed by atoms with Crippen LogP contribution in [0.4, 0.5) is 0 Å². The van der Waals surface area contributed by atoms with E-state index in [1.165, 1.54) is 38.5 Å². The third kappa shape index (κ3) is 4.25. The van der Waals surface area contributed by atoms with E-state index in [-0.39, 0.29) is 41.8 Å². The molecular formula is C36H58N2O6. The van der Waals surface area contributed by atoms with Crippen molar-refractivity contribution in [1.29, 1.82) is 0 Å². The van der Waals surface area contributed by atoms with Crippen molar-refractivity contribution in [2.75, 3.05) is 32.8 Å². The number of aliphatic hydroxyl groups is 2. The SMILES string of the molecule is CC12CC[C@@]34CC35CC[C@H](OC3CN(C(=O)C6CNC6)CCO3)C(C)(C)C5CCC4C1CC1OC([C@H](O)C(C)(C)O)CCC12. The molecule has 44 heavy (non-hydrogen) atoms. The van der Waals surface area contributed by atoms with Crippen LogP contribution in [0.3, 0.4) is 0 Å². The first-order chi connectivity index (χ1) is 20.8. The molecular weight excluding hydrogens is 556 g/mol. The lowest BCUT2D eigenvalue weighted by atomic mass is 9.46. The first kappa shape index (κ1) is 30.6. The van der Waals surface area contributed by atoms with E-state index < -0.39 is 11.7 Å². The molecule has 3 aliphatic heterocycles. The van der Waals surface area contributed by atoms with E-state index in [4.69, 9.17) is 14.2 Å². The van der Waals surface area contributed by atoms with Crippen LogP contribution in [0.1, 0.15) is 98.8 Å². The maximum Gasteiger partial charge on any atom is 0.228 e. The van der Waals surface area contributed by atoms with Gasteiger partial charge in [0.05, 0.1) is 43.0 Å². The Morgan fingerprint density at radius 2 is 1.77 bits per heavy atom. The molecule has 5 aliphatic carbocycles. The average molecular weight is 615 g/mol. The minimum Gasteiger partial charge on any atom is -0.388 e. The molecule has 9 unspecified atom stereocenters. The molecule has 2 spiro atoms. The van der Waals surface area contributed by atoms with Crippen LogP contribution < -0.4 is 5.32 Å². The fourth-order valence-electron chi connectivity index (χ4n) is 13.0. The van der Waals surface area contributed by atoms with Crippen molar-refractivity contribution in [3.63, 3.8) is 0 Å². The van der Waals surface area contributed by atoms with E-state index in [9.17, 15) is 15.0 Å². The normalized spacial score (nSPS) is 50.3. The second-order valence-corrected chi connectivity index (χ2v) is 18.0. The molecule has 0 aromatic heterocycles. The van der Waals surface area contributed by atoms with Crippen LogP contribution in [0.15, 0.2) is 0 Å². The molecule has 8 heteroatoms. The summed E-state index contributed by atoms with van der Waals surface area (Å²) < 4.78 is 19.6. The molecule has 3 saturated heterocycles. The van der Waals surface area contributed by atoms with Gasteiger partial charge in [-0.05, 0) is 123 Å². The second-order valence-electron chi connectivity index (χ2n) is 18.0. The zero-order valence-electron chi connectivity index (χ0n) is 27.9. The van der Waals surface area contributed by atoms with E-state index in [2.05, 4.69) is 26.1 Å². The number of amides is 1. The number of ether oxygens (including phenoxy) is 3. The number of nitrogens with zero attached hydrogens (tertiary/aromatic N) is 1. The molecule has 3 N–H and O–H groups in total. The van der Waals surface area contributed by atoms with Crippen molar-refractivity contribution in [3.8, 4) is 0 Å². The van der Waals surface area contributed by atoms with Gasteiger partial charge in [0.2, 0.25) is 5.91 Å². The van der Waals surface area contributed by atoms with E-state index in [0.29, 0.717) is 53.7 Å². The van der Waals surface area contributed by atoms with Crippen LogP contribution in [0, 0.1) is 51.2 Å². The summed E-state index contributed by atoms with van der Waals surface area (Å²) in [4.78, 5) is 14.9. The van der Waals surface area contributed by atoms with Gasteiger partial charge in [-0.2, -0.15) is 0 Å². The van der Waals surface area contributed by atoms with Crippen molar-refractivity contribution in [1.82, 2.24) is 10.2 Å². The zero-order valence-corrected chi connectivity index (χ0v) is 27.9. The molecule has 248 valence electrons. The molecule has 8 nitrogen and oxygen atoms in total. The predicted octanol–water partition coefficient (Wildman–Crippen LogP) is 4.11. The number of fused-ring (bicyclic) bond motifs is 4. The van der Waals surface area contributed by atoms with Crippen LogP contribution in [0.2, 0.25) is 0 Å². The Kier molecular flexibility index (Phi) is 7.03. The van der Waals surface area contributed by atoms with Crippen LogP contribution in [-0.4, -0.2) is 90.1 Å². The van der Waals surface area contributed by atoms with Gasteiger partial charge in [0.1, 0.15) is 6.10 Å². The first-order valence-corrected chi connectivity index (χ1v) is 18.1. The number of morpholine rings is 1. The molecule has 0 aromatic carbocycles. The number of carbonyl (C=O) groups excluding carboxylic acids is 1. The smallest absolute Gasteiger partial charge is 0.228 e. The Labute approximate surface area is 264 Å². The molecule has 5 saturated carbocycles. The molecule has 3 heterocycles. The first-order valence-electron chi connectivity index (χ1n) is 18.1. The van der Waals surface area contributed by atoms with Crippen molar-refractivity contribution in [2.24, 2.45) is 51.2 Å². The number of nitrogens with one attached hydrogen (secondary N) is 1. The predicted molar refractivity (Wildman–Crippen MR) is 165 cm³/mol. The topological polar surface area (TPSA) is 100 Å². The minimum absolute atomic E-state index is 0.0776. The van der Waals surface area contributed by atoms with Crippen LogP contribution >= 0.6 is 0 Å². The maximum absolute atomic E-state index is 12.9. The van der Waals surface area contributed by atoms with Gasteiger partial charge in [-0.15, -0.1) is 0 Å². The van der Waals surface area contributed by atoms with Crippen molar-refractivity contribution >= 4 is 5.91 Å². The summed E-state index contributed by atoms with van der Waals surface area (Å²) in [6.07, 6.45) is 11.1. The van der Waals surface area contributed by atoms with Gasteiger partial charge in [-0.25, -0.2) is 0 Å². The fraction of sp³-hybridized carbons (Fsp3) is 0.972. The summed E-state index contributed by atoms with van der Waals surface area (Å²) in [5.74, 6) is 3.10. The van der Waals surface area contributed by atoms with Crippen molar-refractivity contribution in [3.05, 3.63) is 0 Å². The van der Waals surface area contributed by atoms with Crippen molar-refractivity contribution < 1.29 is 29.2 Å². The molecule has 12 atom stereocenters. The zero-order chi connectivity index (χ0) is 30.9. The molecule has 0 aromatic rings. The minimum atomic E-state index is -1.14. The van der Waals surface area contributed by atoms with Gasteiger partial charge in [0.15, 0.2) is 6.29 Å². The molecule has 1 amide bonds. The van der Waals surface area contributed by atoms with E-state index in [0.717, 1.165) is 44.7 Å². The lowest BCUT2D eigenvalue weighted by Gasteiger charge is -2.60. The molecule has 8 aliphatic rings. The Morgan fingerprint density at radius 3 is 2.50 bits per heavy atom.